The zero-order chi connectivity index (χ0) is 17.4. The molecule has 6 nitrogen and oxygen atoms in total. The molecule has 6 atom stereocenters. The number of amides is 1. The lowest BCUT2D eigenvalue weighted by atomic mass is 9.81. The maximum absolute atomic E-state index is 13.4. The molecule has 0 aromatic heterocycles. The maximum Gasteiger partial charge on any atom is 0.229 e. The van der Waals surface area contributed by atoms with E-state index in [0.29, 0.717) is 36.7 Å². The zero-order valence-electron chi connectivity index (χ0n) is 15.6. The number of nitrogens with zero attached hydrogens (tertiary/aromatic N) is 1. The number of rotatable bonds is 5. The number of nitrogens with one attached hydrogen (secondary N) is 2. The van der Waals surface area contributed by atoms with Gasteiger partial charge in [-0.15, -0.1) is 0 Å². The first-order valence-electron chi connectivity index (χ1n) is 10.1. The van der Waals surface area contributed by atoms with Gasteiger partial charge in [0.15, 0.2) is 0 Å². The lowest BCUT2D eigenvalue weighted by Gasteiger charge is -2.37. The molecule has 4 aliphatic rings. The summed E-state index contributed by atoms with van der Waals surface area (Å²) in [4.78, 5) is 15.6. The first kappa shape index (κ1) is 17.7. The van der Waals surface area contributed by atoms with Gasteiger partial charge in [-0.2, -0.15) is 0 Å². The minimum Gasteiger partial charge on any atom is -0.379 e. The topological polar surface area (TPSA) is 62.8 Å². The van der Waals surface area contributed by atoms with Crippen molar-refractivity contribution in [2.45, 2.75) is 75.7 Å². The van der Waals surface area contributed by atoms with Crippen LogP contribution < -0.4 is 10.6 Å². The molecular formula is C19H33N3O3. The fourth-order valence-corrected chi connectivity index (χ4v) is 5.49. The third kappa shape index (κ3) is 3.22. The van der Waals surface area contributed by atoms with Crippen molar-refractivity contribution in [2.75, 3.05) is 33.4 Å². The molecule has 142 valence electrons. The Labute approximate surface area is 151 Å². The van der Waals surface area contributed by atoms with Gasteiger partial charge in [0, 0.05) is 51.0 Å². The van der Waals surface area contributed by atoms with E-state index in [1.54, 1.807) is 7.11 Å². The van der Waals surface area contributed by atoms with E-state index in [9.17, 15) is 4.79 Å². The molecular weight excluding hydrogens is 318 g/mol. The number of hydrogen-bond acceptors (Lipinski definition) is 5. The molecule has 6 heteroatoms. The van der Waals surface area contributed by atoms with Gasteiger partial charge in [-0.1, -0.05) is 6.92 Å². The first-order valence-corrected chi connectivity index (χ1v) is 10.1. The van der Waals surface area contributed by atoms with Crippen molar-refractivity contribution in [2.24, 2.45) is 5.41 Å². The second-order valence-electron chi connectivity index (χ2n) is 8.44. The lowest BCUT2D eigenvalue weighted by molar-refractivity contribution is -0.143. The van der Waals surface area contributed by atoms with Crippen LogP contribution in [0.2, 0.25) is 0 Å². The molecule has 0 aromatic carbocycles. The van der Waals surface area contributed by atoms with Crippen LogP contribution in [0.5, 0.6) is 0 Å². The highest BCUT2D eigenvalue weighted by Crippen LogP contribution is 2.44. The monoisotopic (exact) mass is 351 g/mol. The SMILES string of the molecule is CC[C@]1(C(=O)N2C[C@@H]3C[C@H]2CN3)CC[C@@H](N[C@@H]2CCOC[C@H]2OC)C1. The molecule has 0 unspecified atom stereocenters. The summed E-state index contributed by atoms with van der Waals surface area (Å²) < 4.78 is 11.1. The van der Waals surface area contributed by atoms with Crippen molar-refractivity contribution < 1.29 is 14.3 Å². The van der Waals surface area contributed by atoms with E-state index in [2.05, 4.69) is 22.5 Å². The van der Waals surface area contributed by atoms with E-state index in [1.165, 1.54) is 0 Å². The van der Waals surface area contributed by atoms with Gasteiger partial charge in [0.1, 0.15) is 0 Å². The normalized spacial score (nSPS) is 43.8. The molecule has 3 aliphatic heterocycles. The van der Waals surface area contributed by atoms with Crippen LogP contribution in [-0.2, 0) is 14.3 Å². The average Bonchev–Trinajstić information content (AvgIpc) is 3.37. The van der Waals surface area contributed by atoms with Crippen molar-refractivity contribution >= 4 is 5.91 Å². The summed E-state index contributed by atoms with van der Waals surface area (Å²) in [7, 11) is 1.76. The summed E-state index contributed by atoms with van der Waals surface area (Å²) in [5.41, 5.74) is -0.157. The van der Waals surface area contributed by atoms with Gasteiger partial charge in [-0.25, -0.2) is 0 Å². The summed E-state index contributed by atoms with van der Waals surface area (Å²) in [5, 5.41) is 7.30. The number of methoxy groups -OCH3 is 1. The Balaban J connectivity index is 1.39. The Morgan fingerprint density at radius 1 is 1.44 bits per heavy atom. The molecule has 25 heavy (non-hydrogen) atoms. The smallest absolute Gasteiger partial charge is 0.229 e. The largest absolute Gasteiger partial charge is 0.379 e. The number of carbonyl (C=O) groups excluding carboxylic acids is 1. The molecule has 1 aliphatic carbocycles. The highest BCUT2D eigenvalue weighted by atomic mass is 16.5. The van der Waals surface area contributed by atoms with Crippen LogP contribution in [0.3, 0.4) is 0 Å². The molecule has 1 saturated carbocycles. The summed E-state index contributed by atoms with van der Waals surface area (Å²) in [6.07, 6.45) is 6.29. The number of carbonyl (C=O) groups is 1. The molecule has 2 N–H and O–H groups in total. The fraction of sp³-hybridized carbons (Fsp3) is 0.947. The van der Waals surface area contributed by atoms with E-state index >= 15 is 0 Å². The third-order valence-corrected chi connectivity index (χ3v) is 7.11. The van der Waals surface area contributed by atoms with Gasteiger partial charge in [0.2, 0.25) is 5.91 Å². The Hall–Kier alpha value is -0.690. The standard InChI is InChI=1S/C19H33N3O3/c1-3-19(18(23)22-11-14-8-15(22)10-20-14)6-4-13(9-19)21-16-5-7-25-12-17(16)24-2/h13-17,20-21H,3-12H2,1-2H3/t13-,14+,15+,16-,17-,19+/m1/s1. The van der Waals surface area contributed by atoms with Crippen molar-refractivity contribution in [3.63, 3.8) is 0 Å². The second-order valence-corrected chi connectivity index (χ2v) is 8.44. The summed E-state index contributed by atoms with van der Waals surface area (Å²) in [6.45, 7) is 5.55. The number of hydrogen-bond donors (Lipinski definition) is 2. The molecule has 2 bridgehead atoms. The average molecular weight is 351 g/mol. The Bertz CT molecular complexity index is 502. The van der Waals surface area contributed by atoms with Crippen molar-refractivity contribution in [1.82, 2.24) is 15.5 Å². The summed E-state index contributed by atoms with van der Waals surface area (Å²) in [5.74, 6) is 0.420. The van der Waals surface area contributed by atoms with Crippen molar-refractivity contribution in [3.05, 3.63) is 0 Å². The minimum absolute atomic E-state index is 0.126. The number of likely N-dealkylation sites (tertiary alicyclic amines) is 1. The molecule has 0 radical (unpaired) electrons. The molecule has 0 spiro atoms. The Morgan fingerprint density at radius 3 is 3.00 bits per heavy atom. The number of fused-ring (bicyclic) bond motifs is 2. The molecule has 1 amide bonds. The molecule has 3 heterocycles. The zero-order valence-corrected chi connectivity index (χ0v) is 15.6. The van der Waals surface area contributed by atoms with E-state index in [-0.39, 0.29) is 11.5 Å². The predicted octanol–water partition coefficient (Wildman–Crippen LogP) is 0.902. The highest BCUT2D eigenvalue weighted by molar-refractivity contribution is 5.84. The number of piperazine rings is 1. The van der Waals surface area contributed by atoms with E-state index in [4.69, 9.17) is 9.47 Å². The van der Waals surface area contributed by atoms with Gasteiger partial charge < -0.3 is 25.0 Å². The van der Waals surface area contributed by atoms with Gasteiger partial charge in [-0.05, 0) is 38.5 Å². The van der Waals surface area contributed by atoms with Crippen LogP contribution in [0.25, 0.3) is 0 Å². The van der Waals surface area contributed by atoms with Crippen LogP contribution in [0.15, 0.2) is 0 Å². The number of ether oxygens (including phenoxy) is 2. The Morgan fingerprint density at radius 2 is 2.32 bits per heavy atom. The minimum atomic E-state index is -0.157. The molecule has 4 fully saturated rings. The quantitative estimate of drug-likeness (QED) is 0.771. The van der Waals surface area contributed by atoms with E-state index in [1.807, 2.05) is 0 Å². The molecule has 3 saturated heterocycles. The summed E-state index contributed by atoms with van der Waals surface area (Å²) >= 11 is 0. The Kier molecular flexibility index (Phi) is 5.06. The fourth-order valence-electron chi connectivity index (χ4n) is 5.49. The first-order chi connectivity index (χ1) is 12.1. The van der Waals surface area contributed by atoms with Gasteiger partial charge in [0.25, 0.3) is 0 Å². The second kappa shape index (κ2) is 7.14. The molecule has 0 aromatic rings. The van der Waals surface area contributed by atoms with Crippen LogP contribution >= 0.6 is 0 Å². The van der Waals surface area contributed by atoms with Crippen LogP contribution in [0, 0.1) is 5.41 Å². The van der Waals surface area contributed by atoms with Gasteiger partial charge in [0.05, 0.1) is 18.1 Å². The lowest BCUT2D eigenvalue weighted by Crippen LogP contribution is -2.53. The van der Waals surface area contributed by atoms with E-state index < -0.39 is 0 Å². The van der Waals surface area contributed by atoms with E-state index in [0.717, 1.165) is 58.2 Å². The third-order valence-electron chi connectivity index (χ3n) is 7.11. The summed E-state index contributed by atoms with van der Waals surface area (Å²) in [6, 6.07) is 1.73. The highest BCUT2D eigenvalue weighted by Gasteiger charge is 2.50. The predicted molar refractivity (Wildman–Crippen MR) is 95.4 cm³/mol. The van der Waals surface area contributed by atoms with Gasteiger partial charge in [-0.3, -0.25) is 4.79 Å². The molecule has 4 rings (SSSR count). The van der Waals surface area contributed by atoms with Crippen LogP contribution in [0.1, 0.15) is 45.4 Å². The van der Waals surface area contributed by atoms with Crippen LogP contribution in [-0.4, -0.2) is 74.5 Å². The van der Waals surface area contributed by atoms with Gasteiger partial charge >= 0.3 is 0 Å². The maximum atomic E-state index is 13.4. The van der Waals surface area contributed by atoms with Crippen molar-refractivity contribution in [3.8, 4) is 0 Å². The van der Waals surface area contributed by atoms with Crippen LogP contribution in [0.4, 0.5) is 0 Å². The van der Waals surface area contributed by atoms with Crippen molar-refractivity contribution in [1.29, 1.82) is 0 Å².